The molecule has 6 nitrogen and oxygen atoms in total. The van der Waals surface area contributed by atoms with Crippen LogP contribution in [0.5, 0.6) is 0 Å². The molecule has 21 heavy (non-hydrogen) atoms. The third kappa shape index (κ3) is 2.54. The summed E-state index contributed by atoms with van der Waals surface area (Å²) in [6.07, 6.45) is 3.40. The van der Waals surface area contributed by atoms with E-state index in [1.807, 2.05) is 30.7 Å². The van der Waals surface area contributed by atoms with Crippen molar-refractivity contribution >= 4 is 11.8 Å². The van der Waals surface area contributed by atoms with Crippen molar-refractivity contribution in [3.8, 4) is 0 Å². The number of aryl methyl sites for hydroxylation is 1. The quantitative estimate of drug-likeness (QED) is 0.802. The molecule has 114 valence electrons. The Morgan fingerprint density at radius 2 is 1.71 bits per heavy atom. The number of rotatable bonds is 2. The van der Waals surface area contributed by atoms with E-state index in [9.17, 15) is 9.59 Å². The van der Waals surface area contributed by atoms with Gasteiger partial charge in [0.25, 0.3) is 5.91 Å². The molecule has 0 aliphatic carbocycles. The van der Waals surface area contributed by atoms with Gasteiger partial charge in [-0.3, -0.25) is 9.59 Å². The van der Waals surface area contributed by atoms with Crippen LogP contribution in [0.15, 0.2) is 12.5 Å². The van der Waals surface area contributed by atoms with Crippen molar-refractivity contribution in [3.05, 3.63) is 18.2 Å². The van der Waals surface area contributed by atoms with E-state index in [-0.39, 0.29) is 17.7 Å². The van der Waals surface area contributed by atoms with Crippen molar-refractivity contribution in [2.75, 3.05) is 26.2 Å². The standard InChI is InChI=1S/C15H22N4O2/c1-10(2)14(20)18-4-11-6-19(7-12(11)5-18)15(21)13-8-17(3)9-16-13/h8-12H,4-7H2,1-3H3. The van der Waals surface area contributed by atoms with Crippen LogP contribution in [0, 0.1) is 17.8 Å². The van der Waals surface area contributed by atoms with Crippen molar-refractivity contribution in [1.29, 1.82) is 0 Å². The largest absolute Gasteiger partial charge is 0.342 e. The molecule has 6 heteroatoms. The summed E-state index contributed by atoms with van der Waals surface area (Å²) in [5, 5.41) is 0. The Kier molecular flexibility index (Phi) is 3.47. The number of carbonyl (C=O) groups is 2. The number of hydrogen-bond acceptors (Lipinski definition) is 3. The van der Waals surface area contributed by atoms with Crippen molar-refractivity contribution in [3.63, 3.8) is 0 Å². The van der Waals surface area contributed by atoms with E-state index in [4.69, 9.17) is 0 Å². The first kappa shape index (κ1) is 14.1. The summed E-state index contributed by atoms with van der Waals surface area (Å²) in [7, 11) is 1.86. The third-order valence-corrected chi connectivity index (χ3v) is 4.50. The second-order valence-electron chi connectivity index (χ2n) is 6.55. The minimum atomic E-state index is 0.00624. The van der Waals surface area contributed by atoms with Gasteiger partial charge in [0.15, 0.2) is 0 Å². The Hall–Kier alpha value is -1.85. The van der Waals surface area contributed by atoms with Gasteiger partial charge in [-0.05, 0) is 0 Å². The summed E-state index contributed by atoms with van der Waals surface area (Å²) in [6.45, 7) is 6.92. The van der Waals surface area contributed by atoms with Crippen molar-refractivity contribution in [1.82, 2.24) is 19.4 Å². The van der Waals surface area contributed by atoms with Gasteiger partial charge in [0.1, 0.15) is 5.69 Å². The van der Waals surface area contributed by atoms with Crippen LogP contribution >= 0.6 is 0 Å². The van der Waals surface area contributed by atoms with Crippen LogP contribution < -0.4 is 0 Å². The van der Waals surface area contributed by atoms with Gasteiger partial charge in [0.2, 0.25) is 5.91 Å². The maximum absolute atomic E-state index is 12.4. The van der Waals surface area contributed by atoms with E-state index in [1.54, 1.807) is 17.1 Å². The zero-order valence-electron chi connectivity index (χ0n) is 12.8. The highest BCUT2D eigenvalue weighted by atomic mass is 16.2. The summed E-state index contributed by atoms with van der Waals surface area (Å²) in [5.74, 6) is 1.12. The molecule has 2 unspecified atom stereocenters. The zero-order valence-corrected chi connectivity index (χ0v) is 12.8. The Morgan fingerprint density at radius 3 is 2.19 bits per heavy atom. The van der Waals surface area contributed by atoms with E-state index in [0.29, 0.717) is 17.5 Å². The molecule has 2 amide bonds. The molecule has 0 spiro atoms. The Bertz CT molecular complexity index is 552. The first-order valence-electron chi connectivity index (χ1n) is 7.51. The highest BCUT2D eigenvalue weighted by Crippen LogP contribution is 2.32. The molecule has 2 saturated heterocycles. The van der Waals surface area contributed by atoms with Crippen LogP contribution in [0.3, 0.4) is 0 Å². The van der Waals surface area contributed by atoms with Gasteiger partial charge in [-0.25, -0.2) is 4.98 Å². The molecule has 2 aliphatic heterocycles. The lowest BCUT2D eigenvalue weighted by molar-refractivity contribution is -0.133. The molecule has 0 radical (unpaired) electrons. The molecule has 0 bridgehead atoms. The molecular weight excluding hydrogens is 268 g/mol. The minimum Gasteiger partial charge on any atom is -0.342 e. The number of amides is 2. The summed E-state index contributed by atoms with van der Waals surface area (Å²) in [5.41, 5.74) is 0.507. The minimum absolute atomic E-state index is 0.00624. The number of hydrogen-bond donors (Lipinski definition) is 0. The Balaban J connectivity index is 1.62. The number of imidazole rings is 1. The van der Waals surface area contributed by atoms with Crippen LogP contribution in [0.25, 0.3) is 0 Å². The number of nitrogens with zero attached hydrogens (tertiary/aromatic N) is 4. The van der Waals surface area contributed by atoms with Gasteiger partial charge < -0.3 is 14.4 Å². The monoisotopic (exact) mass is 290 g/mol. The zero-order chi connectivity index (χ0) is 15.1. The van der Waals surface area contributed by atoms with E-state index in [2.05, 4.69) is 4.98 Å². The fraction of sp³-hybridized carbons (Fsp3) is 0.667. The first-order chi connectivity index (χ1) is 9.95. The molecule has 0 saturated carbocycles. The summed E-state index contributed by atoms with van der Waals surface area (Å²) in [4.78, 5) is 32.4. The molecule has 3 heterocycles. The smallest absolute Gasteiger partial charge is 0.274 e. The topological polar surface area (TPSA) is 58.4 Å². The van der Waals surface area contributed by atoms with Gasteiger partial charge in [-0.2, -0.15) is 0 Å². The van der Waals surface area contributed by atoms with Crippen LogP contribution in [-0.4, -0.2) is 57.3 Å². The maximum Gasteiger partial charge on any atom is 0.274 e. The maximum atomic E-state index is 12.4. The Labute approximate surface area is 124 Å². The van der Waals surface area contributed by atoms with Crippen molar-refractivity contribution < 1.29 is 9.59 Å². The summed E-state index contributed by atoms with van der Waals surface area (Å²) in [6, 6.07) is 0. The Morgan fingerprint density at radius 1 is 1.14 bits per heavy atom. The second kappa shape index (κ2) is 5.16. The number of likely N-dealkylation sites (tertiary alicyclic amines) is 2. The molecule has 3 rings (SSSR count). The lowest BCUT2D eigenvalue weighted by Crippen LogP contribution is -2.37. The van der Waals surface area contributed by atoms with Crippen LogP contribution in [0.2, 0.25) is 0 Å². The average molecular weight is 290 g/mol. The fourth-order valence-electron chi connectivity index (χ4n) is 3.39. The van der Waals surface area contributed by atoms with Crippen LogP contribution in [-0.2, 0) is 11.8 Å². The normalized spacial score (nSPS) is 24.8. The summed E-state index contributed by atoms with van der Waals surface area (Å²) < 4.78 is 1.78. The van der Waals surface area contributed by atoms with E-state index < -0.39 is 0 Å². The molecule has 1 aromatic heterocycles. The van der Waals surface area contributed by atoms with Crippen LogP contribution in [0.4, 0.5) is 0 Å². The van der Waals surface area contributed by atoms with Crippen LogP contribution in [0.1, 0.15) is 24.3 Å². The number of carbonyl (C=O) groups excluding carboxylic acids is 2. The molecule has 1 aromatic rings. The van der Waals surface area contributed by atoms with Gasteiger partial charge in [-0.1, -0.05) is 13.8 Å². The fourth-order valence-corrected chi connectivity index (χ4v) is 3.39. The summed E-state index contributed by atoms with van der Waals surface area (Å²) >= 11 is 0. The molecular formula is C15H22N4O2. The lowest BCUT2D eigenvalue weighted by Gasteiger charge is -2.22. The first-order valence-corrected chi connectivity index (χ1v) is 7.51. The highest BCUT2D eigenvalue weighted by Gasteiger charge is 2.43. The number of fused-ring (bicyclic) bond motifs is 1. The van der Waals surface area contributed by atoms with Gasteiger partial charge in [0.05, 0.1) is 6.33 Å². The van der Waals surface area contributed by atoms with Gasteiger partial charge in [0, 0.05) is 57.2 Å². The predicted molar refractivity (Wildman–Crippen MR) is 77.5 cm³/mol. The molecule has 0 N–H and O–H groups in total. The van der Waals surface area contributed by atoms with Gasteiger partial charge in [-0.15, -0.1) is 0 Å². The average Bonchev–Trinajstić information content (AvgIpc) is 3.10. The SMILES string of the molecule is CC(C)C(=O)N1CC2CN(C(=O)c3cn(C)cn3)CC2C1. The number of aromatic nitrogens is 2. The van der Waals surface area contributed by atoms with E-state index in [0.717, 1.165) is 26.2 Å². The second-order valence-corrected chi connectivity index (χ2v) is 6.55. The van der Waals surface area contributed by atoms with E-state index >= 15 is 0 Å². The van der Waals surface area contributed by atoms with Crippen molar-refractivity contribution in [2.45, 2.75) is 13.8 Å². The van der Waals surface area contributed by atoms with E-state index in [1.165, 1.54) is 0 Å². The highest BCUT2D eigenvalue weighted by molar-refractivity contribution is 5.92. The van der Waals surface area contributed by atoms with Crippen molar-refractivity contribution in [2.24, 2.45) is 24.8 Å². The van der Waals surface area contributed by atoms with Gasteiger partial charge >= 0.3 is 0 Å². The predicted octanol–water partition coefficient (Wildman–Crippen LogP) is 0.606. The third-order valence-electron chi connectivity index (χ3n) is 4.50. The molecule has 0 aromatic carbocycles. The lowest BCUT2D eigenvalue weighted by atomic mass is 10.0. The molecule has 2 fully saturated rings. The molecule has 2 atom stereocenters. The molecule has 2 aliphatic rings.